The van der Waals surface area contributed by atoms with E-state index >= 15 is 0 Å². The van der Waals surface area contributed by atoms with Crippen LogP contribution in [0.4, 0.5) is 10.5 Å². The number of hydrogen-bond donors (Lipinski definition) is 1. The van der Waals surface area contributed by atoms with Crippen LogP contribution in [0.3, 0.4) is 0 Å². The summed E-state index contributed by atoms with van der Waals surface area (Å²) in [6.07, 6.45) is 0. The van der Waals surface area contributed by atoms with Gasteiger partial charge in [0.1, 0.15) is 0 Å². The van der Waals surface area contributed by atoms with Crippen LogP contribution in [-0.4, -0.2) is 44.3 Å². The molecular weight excluding hydrogens is 374 g/mol. The third kappa shape index (κ3) is 6.07. The van der Waals surface area contributed by atoms with Gasteiger partial charge in [-0.2, -0.15) is 4.31 Å². The Hall–Kier alpha value is -2.38. The van der Waals surface area contributed by atoms with Gasteiger partial charge in [-0.05, 0) is 35.2 Å². The highest BCUT2D eigenvalue weighted by Crippen LogP contribution is 2.20. The molecule has 7 heteroatoms. The van der Waals surface area contributed by atoms with Crippen molar-refractivity contribution in [3.05, 3.63) is 60.2 Å². The normalized spacial score (nSPS) is 12.1. The predicted molar refractivity (Wildman–Crippen MR) is 113 cm³/mol. The van der Waals surface area contributed by atoms with E-state index in [-0.39, 0.29) is 16.3 Å². The number of anilines is 1. The van der Waals surface area contributed by atoms with E-state index in [9.17, 15) is 13.2 Å². The summed E-state index contributed by atoms with van der Waals surface area (Å²) in [6.45, 7) is 7.07. The second-order valence-electron chi connectivity index (χ2n) is 8.12. The smallest absolute Gasteiger partial charge is 0.321 e. The molecule has 0 bridgehead atoms. The molecule has 6 nitrogen and oxygen atoms in total. The van der Waals surface area contributed by atoms with E-state index < -0.39 is 10.0 Å². The zero-order valence-electron chi connectivity index (χ0n) is 17.1. The predicted octanol–water partition coefficient (Wildman–Crippen LogP) is 4.02. The number of benzene rings is 2. The second-order valence-corrected chi connectivity index (χ2v) is 10.2. The molecule has 0 unspecified atom stereocenters. The number of sulfonamides is 1. The number of nitrogens with zero attached hydrogens (tertiary/aromatic N) is 2. The number of urea groups is 1. The van der Waals surface area contributed by atoms with E-state index in [1.807, 2.05) is 30.3 Å². The van der Waals surface area contributed by atoms with Gasteiger partial charge in [0.25, 0.3) is 0 Å². The largest absolute Gasteiger partial charge is 0.327 e. The highest BCUT2D eigenvalue weighted by atomic mass is 32.2. The molecule has 0 saturated carbocycles. The first-order chi connectivity index (χ1) is 13.0. The van der Waals surface area contributed by atoms with Gasteiger partial charge < -0.3 is 10.2 Å². The molecule has 0 radical (unpaired) electrons. The summed E-state index contributed by atoms with van der Waals surface area (Å²) in [5, 5.41) is 2.79. The highest BCUT2D eigenvalue weighted by Gasteiger charge is 2.21. The van der Waals surface area contributed by atoms with Crippen molar-refractivity contribution in [2.45, 2.75) is 32.2 Å². The monoisotopic (exact) mass is 403 g/mol. The molecular formula is C21H29N3O3S. The first-order valence-electron chi connectivity index (χ1n) is 9.11. The fourth-order valence-electron chi connectivity index (χ4n) is 2.82. The number of carbonyl (C=O) groups excluding carboxylic acids is 1. The first-order valence-corrected chi connectivity index (χ1v) is 10.6. The molecule has 0 aliphatic heterocycles. The maximum absolute atomic E-state index is 12.8. The molecule has 0 heterocycles. The van der Waals surface area contributed by atoms with Gasteiger partial charge in [0.05, 0.1) is 4.90 Å². The summed E-state index contributed by atoms with van der Waals surface area (Å²) in [5.74, 6) is 0. The molecule has 0 aliphatic carbocycles. The molecule has 2 amide bonds. The Labute approximate surface area is 168 Å². The Morgan fingerprint density at radius 3 is 2.07 bits per heavy atom. The van der Waals surface area contributed by atoms with Crippen LogP contribution in [0.5, 0.6) is 0 Å². The fourth-order valence-corrected chi connectivity index (χ4v) is 3.98. The van der Waals surface area contributed by atoms with Crippen LogP contribution < -0.4 is 5.32 Å². The van der Waals surface area contributed by atoms with E-state index in [1.54, 1.807) is 31.1 Å². The van der Waals surface area contributed by atoms with Gasteiger partial charge in [-0.1, -0.05) is 51.1 Å². The standard InChI is InChI=1S/C21H29N3O3S/c1-21(2,3)16-23(4)20(25)22-18-11-13-19(14-12-18)28(26,27)24(5)15-17-9-7-6-8-10-17/h6-14H,15-16H2,1-5H3,(H,22,25). The molecule has 28 heavy (non-hydrogen) atoms. The quantitative estimate of drug-likeness (QED) is 0.792. The van der Waals surface area contributed by atoms with Gasteiger partial charge in [-0.3, -0.25) is 0 Å². The molecule has 2 rings (SSSR count). The molecule has 0 aromatic heterocycles. The molecule has 2 aromatic carbocycles. The SMILES string of the molecule is CN(CC(C)(C)C)C(=O)Nc1ccc(S(=O)(=O)N(C)Cc2ccccc2)cc1. The first kappa shape index (κ1) is 21.9. The number of carbonyl (C=O) groups is 1. The van der Waals surface area contributed by atoms with E-state index in [2.05, 4.69) is 26.1 Å². The summed E-state index contributed by atoms with van der Waals surface area (Å²) in [7, 11) is -0.323. The van der Waals surface area contributed by atoms with Gasteiger partial charge in [0.2, 0.25) is 10.0 Å². The van der Waals surface area contributed by atoms with Crippen LogP contribution >= 0.6 is 0 Å². The third-order valence-electron chi connectivity index (χ3n) is 4.12. The molecule has 2 aromatic rings. The van der Waals surface area contributed by atoms with E-state index in [0.29, 0.717) is 18.8 Å². The van der Waals surface area contributed by atoms with E-state index in [0.717, 1.165) is 5.56 Å². The average molecular weight is 404 g/mol. The Kier molecular flexibility index (Phi) is 6.85. The maximum Gasteiger partial charge on any atom is 0.321 e. The Balaban J connectivity index is 2.05. The minimum atomic E-state index is -3.61. The number of nitrogens with one attached hydrogen (secondary N) is 1. The molecule has 1 N–H and O–H groups in total. The van der Waals surface area contributed by atoms with E-state index in [4.69, 9.17) is 0 Å². The number of rotatable bonds is 6. The van der Waals surface area contributed by atoms with Crippen LogP contribution in [0.15, 0.2) is 59.5 Å². The van der Waals surface area contributed by atoms with Crippen molar-refractivity contribution in [2.75, 3.05) is 26.0 Å². The van der Waals surface area contributed by atoms with Crippen LogP contribution in [-0.2, 0) is 16.6 Å². The van der Waals surface area contributed by atoms with Crippen LogP contribution in [0.25, 0.3) is 0 Å². The zero-order chi connectivity index (χ0) is 20.9. The lowest BCUT2D eigenvalue weighted by atomic mass is 9.96. The fraction of sp³-hybridized carbons (Fsp3) is 0.381. The Morgan fingerprint density at radius 2 is 1.54 bits per heavy atom. The van der Waals surface area contributed by atoms with Crippen molar-refractivity contribution in [1.82, 2.24) is 9.21 Å². The second kappa shape index (κ2) is 8.75. The van der Waals surface area contributed by atoms with Gasteiger partial charge in [0, 0.05) is 32.9 Å². The lowest BCUT2D eigenvalue weighted by molar-refractivity contribution is 0.201. The van der Waals surface area contributed by atoms with Crippen molar-refractivity contribution in [1.29, 1.82) is 0 Å². The summed E-state index contributed by atoms with van der Waals surface area (Å²) < 4.78 is 26.8. The summed E-state index contributed by atoms with van der Waals surface area (Å²) >= 11 is 0. The number of amides is 2. The van der Waals surface area contributed by atoms with E-state index in [1.165, 1.54) is 16.4 Å². The van der Waals surface area contributed by atoms with Crippen molar-refractivity contribution >= 4 is 21.7 Å². The summed E-state index contributed by atoms with van der Waals surface area (Å²) in [6, 6.07) is 15.4. The average Bonchev–Trinajstić information content (AvgIpc) is 2.61. The lowest BCUT2D eigenvalue weighted by Gasteiger charge is -2.26. The zero-order valence-corrected chi connectivity index (χ0v) is 18.0. The summed E-state index contributed by atoms with van der Waals surface area (Å²) in [5.41, 5.74) is 1.46. The minimum absolute atomic E-state index is 0.00658. The van der Waals surface area contributed by atoms with Crippen molar-refractivity contribution in [2.24, 2.45) is 5.41 Å². The molecule has 0 saturated heterocycles. The van der Waals surface area contributed by atoms with Crippen LogP contribution in [0.1, 0.15) is 26.3 Å². The molecule has 0 atom stereocenters. The Morgan fingerprint density at radius 1 is 0.964 bits per heavy atom. The maximum atomic E-state index is 12.8. The van der Waals surface area contributed by atoms with Crippen LogP contribution in [0, 0.1) is 5.41 Å². The van der Waals surface area contributed by atoms with Crippen LogP contribution in [0.2, 0.25) is 0 Å². The van der Waals surface area contributed by atoms with Crippen molar-refractivity contribution in [3.63, 3.8) is 0 Å². The molecule has 0 spiro atoms. The summed E-state index contributed by atoms with van der Waals surface area (Å²) in [4.78, 5) is 14.1. The Bertz CT molecular complexity index is 889. The minimum Gasteiger partial charge on any atom is -0.327 e. The lowest BCUT2D eigenvalue weighted by Crippen LogP contribution is -2.37. The molecule has 152 valence electrons. The van der Waals surface area contributed by atoms with Gasteiger partial charge in [0.15, 0.2) is 0 Å². The van der Waals surface area contributed by atoms with Gasteiger partial charge >= 0.3 is 6.03 Å². The third-order valence-corrected chi connectivity index (χ3v) is 5.94. The van der Waals surface area contributed by atoms with Crippen molar-refractivity contribution < 1.29 is 13.2 Å². The highest BCUT2D eigenvalue weighted by molar-refractivity contribution is 7.89. The van der Waals surface area contributed by atoms with Crippen molar-refractivity contribution in [3.8, 4) is 0 Å². The van der Waals surface area contributed by atoms with Gasteiger partial charge in [-0.15, -0.1) is 0 Å². The molecule has 0 fully saturated rings. The number of hydrogen-bond acceptors (Lipinski definition) is 3. The molecule has 0 aliphatic rings. The van der Waals surface area contributed by atoms with Gasteiger partial charge in [-0.25, -0.2) is 13.2 Å². The topological polar surface area (TPSA) is 69.7 Å².